The van der Waals surface area contributed by atoms with Gasteiger partial charge in [-0.15, -0.1) is 5.10 Å². The van der Waals surface area contributed by atoms with Crippen LogP contribution in [0.5, 0.6) is 0 Å². The lowest BCUT2D eigenvalue weighted by Crippen LogP contribution is -2.09. The number of benzene rings is 2. The number of hydrogen-bond acceptors (Lipinski definition) is 8. The maximum atomic E-state index is 12.1. The van der Waals surface area contributed by atoms with Gasteiger partial charge in [0.15, 0.2) is 0 Å². The van der Waals surface area contributed by atoms with Crippen molar-refractivity contribution in [2.24, 2.45) is 0 Å². The van der Waals surface area contributed by atoms with Gasteiger partial charge in [-0.25, -0.2) is 9.48 Å². The van der Waals surface area contributed by atoms with Crippen LogP contribution < -0.4 is 0 Å². The van der Waals surface area contributed by atoms with Gasteiger partial charge in [0.05, 0.1) is 27.8 Å². The van der Waals surface area contributed by atoms with Gasteiger partial charge in [0.2, 0.25) is 0 Å². The molecular weight excluding hydrogens is 358 g/mol. The van der Waals surface area contributed by atoms with Gasteiger partial charge < -0.3 is 4.74 Å². The van der Waals surface area contributed by atoms with Crippen molar-refractivity contribution >= 4 is 17.3 Å². The van der Waals surface area contributed by atoms with Gasteiger partial charge in [0, 0.05) is 6.07 Å². The maximum Gasteiger partial charge on any atom is 0.345 e. The van der Waals surface area contributed by atoms with E-state index in [0.717, 1.165) is 17.8 Å². The summed E-state index contributed by atoms with van der Waals surface area (Å²) in [6.45, 7) is -0.264. The summed E-state index contributed by atoms with van der Waals surface area (Å²) in [5, 5.41) is 29.6. The van der Waals surface area contributed by atoms with Crippen LogP contribution in [0, 0.1) is 20.2 Å². The van der Waals surface area contributed by atoms with Crippen LogP contribution in [0.15, 0.2) is 54.7 Å². The van der Waals surface area contributed by atoms with Crippen molar-refractivity contribution in [3.05, 3.63) is 86.2 Å². The van der Waals surface area contributed by atoms with E-state index in [2.05, 4.69) is 10.3 Å². The summed E-state index contributed by atoms with van der Waals surface area (Å²) in [6, 6.07) is 11.8. The first kappa shape index (κ1) is 17.7. The van der Waals surface area contributed by atoms with E-state index in [4.69, 9.17) is 4.74 Å². The monoisotopic (exact) mass is 369 g/mol. The molecule has 0 amide bonds. The third-order valence-electron chi connectivity index (χ3n) is 3.52. The zero-order valence-corrected chi connectivity index (χ0v) is 13.6. The van der Waals surface area contributed by atoms with Crippen LogP contribution in [0.3, 0.4) is 0 Å². The summed E-state index contributed by atoms with van der Waals surface area (Å²) in [6.07, 6.45) is 1.55. The number of ether oxygens (including phenoxy) is 1. The molecule has 0 bridgehead atoms. The van der Waals surface area contributed by atoms with Gasteiger partial charge in [0.1, 0.15) is 17.9 Å². The summed E-state index contributed by atoms with van der Waals surface area (Å²) < 4.78 is 6.51. The molecule has 0 N–H and O–H groups in total. The number of hydrogen-bond donors (Lipinski definition) is 0. The van der Waals surface area contributed by atoms with E-state index >= 15 is 0 Å². The summed E-state index contributed by atoms with van der Waals surface area (Å²) in [5.74, 6) is -0.995. The number of nitro groups is 2. The Labute approximate surface area is 151 Å². The number of nitro benzene ring substituents is 2. The van der Waals surface area contributed by atoms with Crippen molar-refractivity contribution in [1.29, 1.82) is 0 Å². The Morgan fingerprint density at radius 1 is 1.07 bits per heavy atom. The minimum atomic E-state index is -0.995. The molecule has 0 saturated carbocycles. The van der Waals surface area contributed by atoms with Crippen molar-refractivity contribution in [2.75, 3.05) is 0 Å². The molecule has 0 aliphatic rings. The summed E-state index contributed by atoms with van der Waals surface area (Å²) >= 11 is 0. The zero-order valence-electron chi connectivity index (χ0n) is 13.6. The van der Waals surface area contributed by atoms with Crippen molar-refractivity contribution in [3.63, 3.8) is 0 Å². The number of carbonyl (C=O) groups is 1. The molecule has 0 aliphatic carbocycles. The largest absolute Gasteiger partial charge is 0.455 e. The Morgan fingerprint density at radius 3 is 2.48 bits per heavy atom. The van der Waals surface area contributed by atoms with Gasteiger partial charge in [-0.3, -0.25) is 20.2 Å². The minimum absolute atomic E-state index is 0.264. The molecule has 3 rings (SSSR count). The van der Waals surface area contributed by atoms with Crippen LogP contribution in [-0.2, 0) is 11.3 Å². The molecule has 11 nitrogen and oxygen atoms in total. The van der Waals surface area contributed by atoms with Crippen LogP contribution in [-0.4, -0.2) is 30.8 Å². The van der Waals surface area contributed by atoms with Crippen molar-refractivity contribution in [3.8, 4) is 5.69 Å². The van der Waals surface area contributed by atoms with E-state index in [9.17, 15) is 25.0 Å². The molecule has 1 aromatic heterocycles. The summed E-state index contributed by atoms with van der Waals surface area (Å²) in [5.41, 5.74) is -0.502. The third kappa shape index (κ3) is 3.92. The van der Waals surface area contributed by atoms with Gasteiger partial charge in [-0.2, -0.15) is 0 Å². The highest BCUT2D eigenvalue weighted by atomic mass is 16.6. The van der Waals surface area contributed by atoms with E-state index in [1.54, 1.807) is 6.20 Å². The molecule has 136 valence electrons. The SMILES string of the molecule is O=C(OCc1cn(-c2ccccc2)nn1)c1ccc([N+](=O)[O-])cc1[N+](=O)[O-]. The lowest BCUT2D eigenvalue weighted by molar-refractivity contribution is -0.394. The van der Waals surface area contributed by atoms with E-state index in [1.165, 1.54) is 4.68 Å². The Hall–Kier alpha value is -4.15. The molecule has 0 spiro atoms. The number of rotatable bonds is 6. The number of aromatic nitrogens is 3. The minimum Gasteiger partial charge on any atom is -0.455 e. The van der Waals surface area contributed by atoms with Crippen LogP contribution >= 0.6 is 0 Å². The predicted octanol–water partition coefficient (Wildman–Crippen LogP) is 2.44. The number of carbonyl (C=O) groups excluding carboxylic acids is 1. The summed E-state index contributed by atoms with van der Waals surface area (Å²) in [7, 11) is 0. The zero-order chi connectivity index (χ0) is 19.4. The normalized spacial score (nSPS) is 10.4. The molecule has 11 heteroatoms. The maximum absolute atomic E-state index is 12.1. The molecule has 0 saturated heterocycles. The highest BCUT2D eigenvalue weighted by Crippen LogP contribution is 2.25. The molecule has 1 heterocycles. The fourth-order valence-corrected chi connectivity index (χ4v) is 2.25. The van der Waals surface area contributed by atoms with Gasteiger partial charge >= 0.3 is 5.97 Å². The van der Waals surface area contributed by atoms with Crippen molar-refractivity contribution < 1.29 is 19.4 Å². The fraction of sp³-hybridized carbons (Fsp3) is 0.0625. The fourth-order valence-electron chi connectivity index (χ4n) is 2.25. The lowest BCUT2D eigenvalue weighted by Gasteiger charge is -2.03. The third-order valence-corrected chi connectivity index (χ3v) is 3.52. The molecule has 0 fully saturated rings. The first-order valence-corrected chi connectivity index (χ1v) is 7.52. The molecule has 0 aliphatic heterocycles. The number of nitrogens with zero attached hydrogens (tertiary/aromatic N) is 5. The molecule has 3 aromatic rings. The Balaban J connectivity index is 1.74. The van der Waals surface area contributed by atoms with Crippen LogP contribution in [0.4, 0.5) is 11.4 Å². The highest BCUT2D eigenvalue weighted by Gasteiger charge is 2.25. The molecule has 0 atom stereocenters. The quantitative estimate of drug-likeness (QED) is 0.366. The number of para-hydroxylation sites is 1. The van der Waals surface area contributed by atoms with Gasteiger partial charge in [0.25, 0.3) is 11.4 Å². The van der Waals surface area contributed by atoms with Crippen LogP contribution in [0.2, 0.25) is 0 Å². The standard InChI is InChI=1S/C16H11N5O6/c22-16(14-7-6-13(20(23)24)8-15(14)21(25)26)27-10-11-9-19(18-17-11)12-4-2-1-3-5-12/h1-9H,10H2. The van der Waals surface area contributed by atoms with E-state index < -0.39 is 27.2 Å². The van der Waals surface area contributed by atoms with Gasteiger partial charge in [-0.1, -0.05) is 23.4 Å². The second kappa shape index (κ2) is 7.39. The highest BCUT2D eigenvalue weighted by molar-refractivity contribution is 5.94. The van der Waals surface area contributed by atoms with E-state index in [0.29, 0.717) is 11.8 Å². The number of esters is 1. The second-order valence-corrected chi connectivity index (χ2v) is 5.28. The van der Waals surface area contributed by atoms with Crippen LogP contribution in [0.25, 0.3) is 5.69 Å². The Bertz CT molecular complexity index is 1020. The smallest absolute Gasteiger partial charge is 0.345 e. The summed E-state index contributed by atoms with van der Waals surface area (Å²) in [4.78, 5) is 32.3. The molecule has 2 aromatic carbocycles. The van der Waals surface area contributed by atoms with Crippen LogP contribution in [0.1, 0.15) is 16.1 Å². The average molecular weight is 369 g/mol. The first-order valence-electron chi connectivity index (χ1n) is 7.52. The second-order valence-electron chi connectivity index (χ2n) is 5.28. The van der Waals surface area contributed by atoms with E-state index in [-0.39, 0.29) is 12.2 Å². The Morgan fingerprint density at radius 2 is 1.81 bits per heavy atom. The first-order chi connectivity index (χ1) is 13.0. The molecule has 0 radical (unpaired) electrons. The van der Waals surface area contributed by atoms with E-state index in [1.807, 2.05) is 30.3 Å². The Kier molecular flexibility index (Phi) is 4.84. The molecular formula is C16H11N5O6. The predicted molar refractivity (Wildman–Crippen MR) is 90.2 cm³/mol. The van der Waals surface area contributed by atoms with Gasteiger partial charge in [-0.05, 0) is 18.2 Å². The number of non-ortho nitro benzene ring substituents is 1. The lowest BCUT2D eigenvalue weighted by atomic mass is 10.1. The molecule has 27 heavy (non-hydrogen) atoms. The average Bonchev–Trinajstić information content (AvgIpc) is 3.15. The molecule has 0 unspecified atom stereocenters. The van der Waals surface area contributed by atoms with Crippen molar-refractivity contribution in [1.82, 2.24) is 15.0 Å². The van der Waals surface area contributed by atoms with Crippen molar-refractivity contribution in [2.45, 2.75) is 6.61 Å². The topological polar surface area (TPSA) is 143 Å².